The topological polar surface area (TPSA) is 53.8 Å². The molecule has 3 aromatic rings. The molecule has 7 heteroatoms. The average Bonchev–Trinajstić information content (AvgIpc) is 3.03. The first-order valence-corrected chi connectivity index (χ1v) is 10.2. The lowest BCUT2D eigenvalue weighted by Crippen LogP contribution is -2.50. The fourth-order valence-electron chi connectivity index (χ4n) is 3.33. The number of benzene rings is 2. The van der Waals surface area contributed by atoms with Crippen molar-refractivity contribution in [2.45, 2.75) is 11.8 Å². The van der Waals surface area contributed by atoms with Crippen LogP contribution in [0.25, 0.3) is 21.9 Å². The van der Waals surface area contributed by atoms with E-state index >= 15 is 0 Å². The van der Waals surface area contributed by atoms with Gasteiger partial charge in [0.2, 0.25) is 11.8 Å². The van der Waals surface area contributed by atoms with Gasteiger partial charge in [0.15, 0.2) is 0 Å². The van der Waals surface area contributed by atoms with Crippen LogP contribution in [0.4, 0.5) is 0 Å². The second-order valence-electron chi connectivity index (χ2n) is 6.58. The van der Waals surface area contributed by atoms with Gasteiger partial charge in [0.25, 0.3) is 0 Å². The highest BCUT2D eigenvalue weighted by atomic mass is 35.5. The predicted octanol–water partition coefficient (Wildman–Crippen LogP) is 4.02. The number of halogens is 1. The molecule has 1 saturated heterocycles. The molecule has 0 spiro atoms. The molecule has 0 saturated carbocycles. The summed E-state index contributed by atoms with van der Waals surface area (Å²) in [5.41, 5.74) is 1.61. The van der Waals surface area contributed by atoms with Gasteiger partial charge in [0.1, 0.15) is 11.2 Å². The van der Waals surface area contributed by atoms with Gasteiger partial charge in [-0.2, -0.15) is 0 Å². The zero-order valence-corrected chi connectivity index (χ0v) is 16.5. The third-order valence-corrected chi connectivity index (χ3v) is 6.06. The molecule has 0 N–H and O–H groups in total. The van der Waals surface area contributed by atoms with Crippen molar-refractivity contribution >= 4 is 57.1 Å². The molecule has 2 aromatic carbocycles. The van der Waals surface area contributed by atoms with Gasteiger partial charge in [-0.1, -0.05) is 11.6 Å². The molecule has 0 radical (unpaired) electrons. The van der Waals surface area contributed by atoms with E-state index in [1.54, 1.807) is 11.8 Å². The molecule has 0 atom stereocenters. The molecular weight excluding hydrogens is 384 g/mol. The van der Waals surface area contributed by atoms with Gasteiger partial charge in [-0.05, 0) is 36.4 Å². The third kappa shape index (κ3) is 3.77. The second-order valence-corrected chi connectivity index (χ2v) is 8.06. The Morgan fingerprint density at radius 2 is 1.63 bits per heavy atom. The number of carbonyl (C=O) groups is 2. The van der Waals surface area contributed by atoms with Crippen LogP contribution in [0.3, 0.4) is 0 Å². The summed E-state index contributed by atoms with van der Waals surface area (Å²) in [4.78, 5) is 28.5. The van der Waals surface area contributed by atoms with Crippen LogP contribution < -0.4 is 0 Å². The summed E-state index contributed by atoms with van der Waals surface area (Å²) >= 11 is 7.63. The monoisotopic (exact) mass is 402 g/mol. The van der Waals surface area contributed by atoms with Gasteiger partial charge in [-0.15, -0.1) is 11.8 Å². The van der Waals surface area contributed by atoms with Crippen LogP contribution >= 0.6 is 23.4 Å². The van der Waals surface area contributed by atoms with Crippen molar-refractivity contribution in [3.05, 3.63) is 41.4 Å². The molecule has 1 fully saturated rings. The van der Waals surface area contributed by atoms with Crippen molar-refractivity contribution in [1.29, 1.82) is 0 Å². The van der Waals surface area contributed by atoms with Crippen LogP contribution in [-0.4, -0.2) is 53.5 Å². The molecule has 2 amide bonds. The third-order valence-electron chi connectivity index (χ3n) is 4.84. The van der Waals surface area contributed by atoms with E-state index in [0.29, 0.717) is 37.0 Å². The maximum Gasteiger partial charge on any atom is 0.233 e. The summed E-state index contributed by atoms with van der Waals surface area (Å²) in [5, 5.41) is 2.65. The van der Waals surface area contributed by atoms with E-state index in [2.05, 4.69) is 0 Å². The Morgan fingerprint density at radius 1 is 1.00 bits per heavy atom. The number of carbonyl (C=O) groups excluding carboxylic acids is 2. The number of amides is 2. The molecular formula is C20H19ClN2O3S. The largest absolute Gasteiger partial charge is 0.456 e. The van der Waals surface area contributed by atoms with Gasteiger partial charge >= 0.3 is 0 Å². The van der Waals surface area contributed by atoms with Gasteiger partial charge in [-0.3, -0.25) is 9.59 Å². The zero-order chi connectivity index (χ0) is 19.0. The molecule has 1 aliphatic heterocycles. The molecule has 2 heterocycles. The van der Waals surface area contributed by atoms with Crippen LogP contribution in [0, 0.1) is 0 Å². The summed E-state index contributed by atoms with van der Waals surface area (Å²) in [7, 11) is 0. The molecule has 1 aromatic heterocycles. The summed E-state index contributed by atoms with van der Waals surface area (Å²) in [6, 6.07) is 11.5. The number of piperazine rings is 1. The number of thioether (sulfide) groups is 1. The number of hydrogen-bond acceptors (Lipinski definition) is 4. The van der Waals surface area contributed by atoms with Gasteiger partial charge in [0, 0.05) is 53.8 Å². The lowest BCUT2D eigenvalue weighted by Gasteiger charge is -2.34. The Labute approximate surface area is 166 Å². The first-order chi connectivity index (χ1) is 13.0. The highest BCUT2D eigenvalue weighted by Crippen LogP contribution is 2.33. The quantitative estimate of drug-likeness (QED) is 0.621. The van der Waals surface area contributed by atoms with Crippen LogP contribution in [0.1, 0.15) is 6.92 Å². The standard InChI is InChI=1S/C20H19ClN2O3S/c1-13(24)22-6-8-23(9-7-22)20(25)12-27-15-3-5-19-17(11-15)16-10-14(21)2-4-18(16)26-19/h2-5,10-11H,6-9,12H2,1H3. The summed E-state index contributed by atoms with van der Waals surface area (Å²) in [6.45, 7) is 3.99. The second kappa shape index (κ2) is 7.44. The zero-order valence-electron chi connectivity index (χ0n) is 14.9. The Morgan fingerprint density at radius 3 is 2.33 bits per heavy atom. The molecule has 140 valence electrons. The van der Waals surface area contributed by atoms with E-state index in [0.717, 1.165) is 26.8 Å². The molecule has 1 aliphatic rings. The fraction of sp³-hybridized carbons (Fsp3) is 0.300. The van der Waals surface area contributed by atoms with Crippen molar-refractivity contribution < 1.29 is 14.0 Å². The number of nitrogens with zero attached hydrogens (tertiary/aromatic N) is 2. The lowest BCUT2D eigenvalue weighted by atomic mass is 10.1. The maximum atomic E-state index is 12.5. The Balaban J connectivity index is 1.44. The lowest BCUT2D eigenvalue weighted by molar-refractivity contribution is -0.136. The molecule has 0 unspecified atom stereocenters. The fourth-order valence-corrected chi connectivity index (χ4v) is 4.34. The molecule has 0 bridgehead atoms. The van der Waals surface area contributed by atoms with Crippen LogP contribution in [0.2, 0.25) is 5.02 Å². The number of fused-ring (bicyclic) bond motifs is 3. The molecule has 0 aliphatic carbocycles. The highest BCUT2D eigenvalue weighted by Gasteiger charge is 2.22. The first-order valence-electron chi connectivity index (χ1n) is 8.79. The van der Waals surface area contributed by atoms with Gasteiger partial charge in [-0.25, -0.2) is 0 Å². The number of rotatable bonds is 3. The minimum Gasteiger partial charge on any atom is -0.456 e. The van der Waals surface area contributed by atoms with Crippen LogP contribution in [0.5, 0.6) is 0 Å². The summed E-state index contributed by atoms with van der Waals surface area (Å²) in [5.74, 6) is 0.544. The summed E-state index contributed by atoms with van der Waals surface area (Å²) < 4.78 is 5.84. The van der Waals surface area contributed by atoms with Gasteiger partial charge in [0.05, 0.1) is 5.75 Å². The minimum atomic E-state index is 0.0669. The Hall–Kier alpha value is -2.18. The predicted molar refractivity (Wildman–Crippen MR) is 108 cm³/mol. The Bertz CT molecular complexity index is 1020. The summed E-state index contributed by atoms with van der Waals surface area (Å²) in [6.07, 6.45) is 0. The maximum absolute atomic E-state index is 12.5. The number of furan rings is 1. The normalized spacial score (nSPS) is 14.9. The smallest absolute Gasteiger partial charge is 0.233 e. The van der Waals surface area contributed by atoms with Gasteiger partial charge < -0.3 is 14.2 Å². The first kappa shape index (κ1) is 18.2. The average molecular weight is 403 g/mol. The van der Waals surface area contributed by atoms with E-state index in [-0.39, 0.29) is 11.8 Å². The SMILES string of the molecule is CC(=O)N1CCN(C(=O)CSc2ccc3oc4ccc(Cl)cc4c3c2)CC1. The van der Waals surface area contributed by atoms with E-state index in [4.69, 9.17) is 16.0 Å². The highest BCUT2D eigenvalue weighted by molar-refractivity contribution is 8.00. The van der Waals surface area contributed by atoms with E-state index in [9.17, 15) is 9.59 Å². The van der Waals surface area contributed by atoms with Crippen molar-refractivity contribution in [1.82, 2.24) is 9.80 Å². The van der Waals surface area contributed by atoms with Crippen molar-refractivity contribution in [2.75, 3.05) is 31.9 Å². The van der Waals surface area contributed by atoms with Crippen LogP contribution in [0.15, 0.2) is 45.7 Å². The van der Waals surface area contributed by atoms with Crippen molar-refractivity contribution in [2.24, 2.45) is 0 Å². The molecule has 5 nitrogen and oxygen atoms in total. The van der Waals surface area contributed by atoms with E-state index in [1.165, 1.54) is 11.8 Å². The van der Waals surface area contributed by atoms with Crippen LogP contribution in [-0.2, 0) is 9.59 Å². The van der Waals surface area contributed by atoms with E-state index < -0.39 is 0 Å². The van der Waals surface area contributed by atoms with Crippen molar-refractivity contribution in [3.8, 4) is 0 Å². The van der Waals surface area contributed by atoms with E-state index in [1.807, 2.05) is 41.3 Å². The van der Waals surface area contributed by atoms with Crippen molar-refractivity contribution in [3.63, 3.8) is 0 Å². The molecule has 27 heavy (non-hydrogen) atoms. The minimum absolute atomic E-state index is 0.0669. The number of hydrogen-bond donors (Lipinski definition) is 0. The molecule has 4 rings (SSSR count). The Kier molecular flexibility index (Phi) is 5.02.